The number of nitrogens with zero attached hydrogens (tertiary/aromatic N) is 1. The molecule has 0 aliphatic heterocycles. The van der Waals surface area contributed by atoms with Crippen LogP contribution in [0, 0.1) is 23.2 Å². The fourth-order valence-corrected chi connectivity index (χ4v) is 1.16. The van der Waals surface area contributed by atoms with E-state index in [1.165, 1.54) is 19.2 Å². The van der Waals surface area contributed by atoms with Crippen molar-refractivity contribution in [2.75, 3.05) is 7.11 Å². The number of ether oxygens (including phenoxy) is 1. The third-order valence-electron chi connectivity index (χ3n) is 1.63. The summed E-state index contributed by atoms with van der Waals surface area (Å²) in [4.78, 5) is 11.2. The Kier molecular flexibility index (Phi) is 3.74. The van der Waals surface area contributed by atoms with Gasteiger partial charge in [-0.15, -0.1) is 0 Å². The standard InChI is InChI=1S/C11H6ClNO2/c1-15-11(14)9-7-8(3-2-6-13)4-5-10(9)12/h4-5,7H,1H3. The summed E-state index contributed by atoms with van der Waals surface area (Å²) in [5.41, 5.74) is 0.783. The van der Waals surface area contributed by atoms with Crippen LogP contribution in [0.5, 0.6) is 0 Å². The first-order valence-electron chi connectivity index (χ1n) is 3.97. The predicted molar refractivity (Wildman–Crippen MR) is 55.3 cm³/mol. The average Bonchev–Trinajstić information content (AvgIpc) is 2.27. The van der Waals surface area contributed by atoms with Crippen LogP contribution < -0.4 is 0 Å². The Bertz CT molecular complexity index is 492. The molecule has 0 radical (unpaired) electrons. The Balaban J connectivity index is 3.18. The molecular formula is C11H6ClNO2. The fraction of sp³-hybridized carbons (Fsp3) is 0.0909. The largest absolute Gasteiger partial charge is 0.465 e. The molecule has 4 heteroatoms. The van der Waals surface area contributed by atoms with Gasteiger partial charge in [0, 0.05) is 11.5 Å². The van der Waals surface area contributed by atoms with Crippen LogP contribution in [-0.4, -0.2) is 13.1 Å². The second-order valence-corrected chi connectivity index (χ2v) is 2.96. The van der Waals surface area contributed by atoms with Crippen molar-refractivity contribution in [3.05, 3.63) is 34.3 Å². The minimum Gasteiger partial charge on any atom is -0.465 e. The summed E-state index contributed by atoms with van der Waals surface area (Å²) in [6.45, 7) is 0. The van der Waals surface area contributed by atoms with E-state index in [1.807, 2.05) is 0 Å². The zero-order valence-electron chi connectivity index (χ0n) is 7.87. The lowest BCUT2D eigenvalue weighted by Gasteiger charge is -2.01. The van der Waals surface area contributed by atoms with E-state index in [1.54, 1.807) is 12.1 Å². The van der Waals surface area contributed by atoms with E-state index in [9.17, 15) is 4.79 Å². The van der Waals surface area contributed by atoms with Gasteiger partial charge in [-0.25, -0.2) is 4.79 Å². The Morgan fingerprint density at radius 1 is 1.53 bits per heavy atom. The molecule has 74 valence electrons. The Morgan fingerprint density at radius 3 is 2.87 bits per heavy atom. The maximum Gasteiger partial charge on any atom is 0.339 e. The predicted octanol–water partition coefficient (Wildman–Crippen LogP) is 2.00. The summed E-state index contributed by atoms with van der Waals surface area (Å²) >= 11 is 5.79. The van der Waals surface area contributed by atoms with Gasteiger partial charge < -0.3 is 4.74 Å². The number of halogens is 1. The summed E-state index contributed by atoms with van der Waals surface area (Å²) in [5.74, 6) is 4.26. The minimum atomic E-state index is -0.527. The number of esters is 1. The van der Waals surface area contributed by atoms with Crippen molar-refractivity contribution in [3.63, 3.8) is 0 Å². The molecule has 0 heterocycles. The highest BCUT2D eigenvalue weighted by Crippen LogP contribution is 2.18. The smallest absolute Gasteiger partial charge is 0.339 e. The van der Waals surface area contributed by atoms with E-state index in [0.717, 1.165) is 0 Å². The molecule has 0 aromatic heterocycles. The van der Waals surface area contributed by atoms with E-state index in [2.05, 4.69) is 16.6 Å². The molecule has 1 rings (SSSR count). The van der Waals surface area contributed by atoms with Crippen LogP contribution in [0.2, 0.25) is 5.02 Å². The molecule has 0 saturated carbocycles. The van der Waals surface area contributed by atoms with Crippen molar-refractivity contribution < 1.29 is 9.53 Å². The lowest BCUT2D eigenvalue weighted by Crippen LogP contribution is -2.02. The van der Waals surface area contributed by atoms with Crippen LogP contribution in [0.3, 0.4) is 0 Å². The SMILES string of the molecule is COC(=O)c1cc(C#CC#N)ccc1Cl. The zero-order chi connectivity index (χ0) is 11.3. The molecule has 0 unspecified atom stereocenters. The van der Waals surface area contributed by atoms with Crippen molar-refractivity contribution in [1.29, 1.82) is 5.26 Å². The van der Waals surface area contributed by atoms with Gasteiger partial charge in [0.15, 0.2) is 6.07 Å². The topological polar surface area (TPSA) is 50.1 Å². The molecule has 0 amide bonds. The first-order valence-corrected chi connectivity index (χ1v) is 4.35. The van der Waals surface area contributed by atoms with Crippen LogP contribution in [0.15, 0.2) is 18.2 Å². The second kappa shape index (κ2) is 5.05. The molecule has 3 nitrogen and oxygen atoms in total. The van der Waals surface area contributed by atoms with Gasteiger partial charge in [-0.05, 0) is 18.2 Å². The second-order valence-electron chi connectivity index (χ2n) is 2.55. The van der Waals surface area contributed by atoms with E-state index in [-0.39, 0.29) is 5.56 Å². The molecule has 0 atom stereocenters. The molecule has 0 aliphatic carbocycles. The van der Waals surface area contributed by atoms with Gasteiger partial charge >= 0.3 is 5.97 Å². The number of benzene rings is 1. The van der Waals surface area contributed by atoms with Crippen molar-refractivity contribution in [2.24, 2.45) is 0 Å². The molecule has 0 bridgehead atoms. The van der Waals surface area contributed by atoms with Gasteiger partial charge in [-0.2, -0.15) is 5.26 Å². The highest BCUT2D eigenvalue weighted by atomic mass is 35.5. The summed E-state index contributed by atoms with van der Waals surface area (Å²) in [7, 11) is 1.27. The van der Waals surface area contributed by atoms with Crippen LogP contribution in [0.4, 0.5) is 0 Å². The van der Waals surface area contributed by atoms with E-state index < -0.39 is 5.97 Å². The normalized spacial score (nSPS) is 8.33. The van der Waals surface area contributed by atoms with Crippen molar-refractivity contribution in [1.82, 2.24) is 0 Å². The number of hydrogen-bond donors (Lipinski definition) is 0. The van der Waals surface area contributed by atoms with Crippen molar-refractivity contribution in [3.8, 4) is 17.9 Å². The van der Waals surface area contributed by atoms with Gasteiger partial charge in [0.05, 0.1) is 17.7 Å². The Morgan fingerprint density at radius 2 is 2.27 bits per heavy atom. The number of rotatable bonds is 1. The molecular weight excluding hydrogens is 214 g/mol. The highest BCUT2D eigenvalue weighted by Gasteiger charge is 2.10. The van der Waals surface area contributed by atoms with E-state index in [4.69, 9.17) is 16.9 Å². The summed E-state index contributed by atoms with van der Waals surface area (Å²) in [5, 5.41) is 8.56. The highest BCUT2D eigenvalue weighted by molar-refractivity contribution is 6.33. The van der Waals surface area contributed by atoms with Crippen LogP contribution in [0.25, 0.3) is 0 Å². The average molecular weight is 220 g/mol. The maximum atomic E-state index is 11.2. The first-order chi connectivity index (χ1) is 7.19. The Hall–Kier alpha value is -1.97. The van der Waals surface area contributed by atoms with Crippen molar-refractivity contribution >= 4 is 17.6 Å². The van der Waals surface area contributed by atoms with Gasteiger partial charge in [0.1, 0.15) is 0 Å². The molecule has 0 saturated heterocycles. The Labute approximate surface area is 92.2 Å². The molecule has 1 aromatic rings. The lowest BCUT2D eigenvalue weighted by molar-refractivity contribution is 0.0601. The van der Waals surface area contributed by atoms with Gasteiger partial charge in [0.25, 0.3) is 0 Å². The van der Waals surface area contributed by atoms with E-state index >= 15 is 0 Å². The monoisotopic (exact) mass is 219 g/mol. The minimum absolute atomic E-state index is 0.240. The fourth-order valence-electron chi connectivity index (χ4n) is 0.970. The quantitative estimate of drug-likeness (QED) is 0.536. The van der Waals surface area contributed by atoms with E-state index in [0.29, 0.717) is 10.6 Å². The molecule has 1 aromatic carbocycles. The van der Waals surface area contributed by atoms with Crippen LogP contribution >= 0.6 is 11.6 Å². The number of methoxy groups -OCH3 is 1. The van der Waals surface area contributed by atoms with Crippen LogP contribution in [0.1, 0.15) is 15.9 Å². The maximum absolute atomic E-state index is 11.2. The van der Waals surface area contributed by atoms with Crippen LogP contribution in [-0.2, 0) is 4.74 Å². The third kappa shape index (κ3) is 2.74. The number of nitriles is 1. The van der Waals surface area contributed by atoms with Gasteiger partial charge in [-0.3, -0.25) is 0 Å². The third-order valence-corrected chi connectivity index (χ3v) is 1.96. The van der Waals surface area contributed by atoms with Gasteiger partial charge in [0.2, 0.25) is 0 Å². The summed E-state index contributed by atoms with van der Waals surface area (Å²) < 4.78 is 4.54. The lowest BCUT2D eigenvalue weighted by atomic mass is 10.1. The molecule has 0 fully saturated rings. The summed E-state index contributed by atoms with van der Waals surface area (Å²) in [6, 6.07) is 6.33. The zero-order valence-corrected chi connectivity index (χ0v) is 8.63. The number of carbonyl (C=O) groups is 1. The molecule has 15 heavy (non-hydrogen) atoms. The van der Waals surface area contributed by atoms with Crippen molar-refractivity contribution in [2.45, 2.75) is 0 Å². The molecule has 0 spiro atoms. The summed E-state index contributed by atoms with van der Waals surface area (Å²) in [6.07, 6.45) is 0. The molecule has 0 aliphatic rings. The first kappa shape index (κ1) is 11.1. The number of hydrogen-bond acceptors (Lipinski definition) is 3. The van der Waals surface area contributed by atoms with Gasteiger partial charge in [-0.1, -0.05) is 17.5 Å². The number of carbonyl (C=O) groups excluding carboxylic acids is 1. The molecule has 0 N–H and O–H groups in total.